The van der Waals surface area contributed by atoms with Crippen LogP contribution in [0.3, 0.4) is 0 Å². The number of benzene rings is 2. The summed E-state index contributed by atoms with van der Waals surface area (Å²) in [5, 5.41) is 5.26. The van der Waals surface area contributed by atoms with Gasteiger partial charge < -0.3 is 9.64 Å². The van der Waals surface area contributed by atoms with Crippen molar-refractivity contribution in [3.05, 3.63) is 71.9 Å². The lowest BCUT2D eigenvalue weighted by Crippen LogP contribution is -2.31. The van der Waals surface area contributed by atoms with Gasteiger partial charge in [0.1, 0.15) is 0 Å². The molecule has 1 amide bonds. The van der Waals surface area contributed by atoms with Gasteiger partial charge in [0.2, 0.25) is 5.88 Å². The summed E-state index contributed by atoms with van der Waals surface area (Å²) in [6.45, 7) is 3.83. The number of nitrogens with zero attached hydrogens (tertiary/aromatic N) is 4. The van der Waals surface area contributed by atoms with Crippen LogP contribution < -0.4 is 9.64 Å². The predicted octanol–water partition coefficient (Wildman–Crippen LogP) is 4.29. The van der Waals surface area contributed by atoms with E-state index < -0.39 is 0 Å². The van der Waals surface area contributed by atoms with Crippen molar-refractivity contribution in [2.45, 2.75) is 13.8 Å². The predicted molar refractivity (Wildman–Crippen MR) is 119 cm³/mol. The Balaban J connectivity index is 1.57. The van der Waals surface area contributed by atoms with Crippen molar-refractivity contribution in [2.75, 3.05) is 18.6 Å². The van der Waals surface area contributed by atoms with Gasteiger partial charge >= 0.3 is 0 Å². The summed E-state index contributed by atoms with van der Waals surface area (Å²) in [4.78, 5) is 19.1. The topological polar surface area (TPSA) is 60.2 Å². The summed E-state index contributed by atoms with van der Waals surface area (Å²) < 4.78 is 7.53. The van der Waals surface area contributed by atoms with E-state index in [0.717, 1.165) is 39.1 Å². The highest BCUT2D eigenvalue weighted by Gasteiger charge is 2.19. The number of para-hydroxylation sites is 1. The van der Waals surface area contributed by atoms with E-state index in [0.29, 0.717) is 5.88 Å². The highest BCUT2D eigenvalue weighted by Crippen LogP contribution is 2.31. The number of anilines is 1. The SMILES string of the molecule is Cc1cc(C)c2c(OCC(=O)N(C)c3ccccc3-c3ccccc3)nn(C)c2n1. The number of fused-ring (bicyclic) bond motifs is 1. The van der Waals surface area contributed by atoms with Gasteiger partial charge in [-0.1, -0.05) is 48.5 Å². The Morgan fingerprint density at radius 1 is 1.07 bits per heavy atom. The maximum atomic E-state index is 12.9. The van der Waals surface area contributed by atoms with Crippen molar-refractivity contribution in [2.24, 2.45) is 7.05 Å². The monoisotopic (exact) mass is 400 g/mol. The van der Waals surface area contributed by atoms with E-state index in [4.69, 9.17) is 4.74 Å². The molecule has 0 spiro atoms. The second kappa shape index (κ2) is 7.99. The zero-order valence-corrected chi connectivity index (χ0v) is 17.6. The smallest absolute Gasteiger partial charge is 0.264 e. The second-order valence-corrected chi connectivity index (χ2v) is 7.33. The van der Waals surface area contributed by atoms with Crippen molar-refractivity contribution in [1.82, 2.24) is 14.8 Å². The van der Waals surface area contributed by atoms with Crippen molar-refractivity contribution in [3.63, 3.8) is 0 Å². The van der Waals surface area contributed by atoms with Gasteiger partial charge in [-0.2, -0.15) is 0 Å². The molecule has 30 heavy (non-hydrogen) atoms. The van der Waals surface area contributed by atoms with E-state index in [-0.39, 0.29) is 12.5 Å². The van der Waals surface area contributed by atoms with Crippen molar-refractivity contribution >= 4 is 22.6 Å². The van der Waals surface area contributed by atoms with E-state index in [9.17, 15) is 4.79 Å². The van der Waals surface area contributed by atoms with E-state index in [1.165, 1.54) is 0 Å². The van der Waals surface area contributed by atoms with Crippen LogP contribution in [-0.4, -0.2) is 34.3 Å². The van der Waals surface area contributed by atoms with Crippen molar-refractivity contribution in [1.29, 1.82) is 0 Å². The molecule has 4 rings (SSSR count). The molecule has 0 unspecified atom stereocenters. The van der Waals surface area contributed by atoms with Gasteiger partial charge in [0, 0.05) is 25.4 Å². The van der Waals surface area contributed by atoms with Crippen LogP contribution in [0, 0.1) is 13.8 Å². The molecule has 0 N–H and O–H groups in total. The van der Waals surface area contributed by atoms with Gasteiger partial charge in [0.15, 0.2) is 12.3 Å². The van der Waals surface area contributed by atoms with E-state index in [2.05, 4.69) is 10.1 Å². The molecule has 0 atom stereocenters. The first-order chi connectivity index (χ1) is 14.5. The number of amides is 1. The van der Waals surface area contributed by atoms with Gasteiger partial charge in [-0.3, -0.25) is 4.79 Å². The zero-order chi connectivity index (χ0) is 21.3. The fraction of sp³-hybridized carbons (Fsp3) is 0.208. The molecular formula is C24H24N4O2. The molecule has 6 nitrogen and oxygen atoms in total. The Bertz CT molecular complexity index is 1210. The third-order valence-electron chi connectivity index (χ3n) is 5.14. The average molecular weight is 400 g/mol. The van der Waals surface area contributed by atoms with E-state index in [1.54, 1.807) is 16.6 Å². The maximum Gasteiger partial charge on any atom is 0.264 e. The molecular weight excluding hydrogens is 376 g/mol. The molecule has 0 radical (unpaired) electrons. The summed E-state index contributed by atoms with van der Waals surface area (Å²) in [6, 6.07) is 19.9. The summed E-state index contributed by atoms with van der Waals surface area (Å²) in [6.07, 6.45) is 0. The number of aromatic nitrogens is 3. The van der Waals surface area contributed by atoms with Crippen LogP contribution in [0.15, 0.2) is 60.7 Å². The molecule has 0 aliphatic heterocycles. The number of aryl methyl sites for hydroxylation is 3. The fourth-order valence-electron chi connectivity index (χ4n) is 3.64. The Labute approximate surface area is 175 Å². The summed E-state index contributed by atoms with van der Waals surface area (Å²) in [7, 11) is 3.59. The molecule has 2 heterocycles. The molecule has 2 aromatic heterocycles. The highest BCUT2D eigenvalue weighted by molar-refractivity contribution is 5.98. The number of carbonyl (C=O) groups excluding carboxylic acids is 1. The number of hydrogen-bond acceptors (Lipinski definition) is 4. The first kappa shape index (κ1) is 19.6. The molecule has 0 fully saturated rings. The first-order valence-corrected chi connectivity index (χ1v) is 9.80. The number of pyridine rings is 1. The lowest BCUT2D eigenvalue weighted by atomic mass is 10.0. The molecule has 0 saturated carbocycles. The summed E-state index contributed by atoms with van der Waals surface area (Å²) in [5.74, 6) is 0.269. The van der Waals surface area contributed by atoms with Crippen LogP contribution in [0.2, 0.25) is 0 Å². The number of ether oxygens (including phenoxy) is 1. The first-order valence-electron chi connectivity index (χ1n) is 9.80. The Hall–Kier alpha value is -3.67. The molecule has 0 aliphatic rings. The molecule has 0 saturated heterocycles. The van der Waals surface area contributed by atoms with Crippen LogP contribution in [0.5, 0.6) is 5.88 Å². The minimum atomic E-state index is -0.157. The van der Waals surface area contributed by atoms with Gasteiger partial charge in [0.05, 0.1) is 11.1 Å². The lowest BCUT2D eigenvalue weighted by molar-refractivity contribution is -0.120. The largest absolute Gasteiger partial charge is 0.466 e. The third kappa shape index (κ3) is 3.64. The van der Waals surface area contributed by atoms with Crippen LogP contribution in [0.25, 0.3) is 22.2 Å². The number of likely N-dealkylation sites (N-methyl/N-ethyl adjacent to an activating group) is 1. The van der Waals surface area contributed by atoms with Gasteiger partial charge in [-0.25, -0.2) is 9.67 Å². The lowest BCUT2D eigenvalue weighted by Gasteiger charge is -2.21. The van der Waals surface area contributed by atoms with Crippen LogP contribution in [0.1, 0.15) is 11.3 Å². The molecule has 0 aliphatic carbocycles. The second-order valence-electron chi connectivity index (χ2n) is 7.33. The standard InChI is InChI=1S/C24H24N4O2/c1-16-14-17(2)25-23-22(16)24(26-28(23)4)30-15-21(29)27(3)20-13-9-8-12-19(20)18-10-6-5-7-11-18/h5-14H,15H2,1-4H3. The Morgan fingerprint density at radius 2 is 1.77 bits per heavy atom. The summed E-state index contributed by atoms with van der Waals surface area (Å²) in [5.41, 5.74) is 5.57. The quantitative estimate of drug-likeness (QED) is 0.501. The maximum absolute atomic E-state index is 12.9. The molecule has 0 bridgehead atoms. The number of rotatable bonds is 5. The van der Waals surface area contributed by atoms with Gasteiger partial charge in [-0.15, -0.1) is 5.10 Å². The molecule has 4 aromatic rings. The van der Waals surface area contributed by atoms with E-state index in [1.807, 2.05) is 81.6 Å². The van der Waals surface area contributed by atoms with Crippen molar-refractivity contribution < 1.29 is 9.53 Å². The van der Waals surface area contributed by atoms with Gasteiger partial charge in [-0.05, 0) is 37.1 Å². The molecule has 6 heteroatoms. The highest BCUT2D eigenvalue weighted by atomic mass is 16.5. The number of hydrogen-bond donors (Lipinski definition) is 0. The fourth-order valence-corrected chi connectivity index (χ4v) is 3.64. The molecule has 2 aromatic carbocycles. The third-order valence-corrected chi connectivity index (χ3v) is 5.14. The Morgan fingerprint density at radius 3 is 2.53 bits per heavy atom. The van der Waals surface area contributed by atoms with Crippen LogP contribution >= 0.6 is 0 Å². The van der Waals surface area contributed by atoms with E-state index >= 15 is 0 Å². The van der Waals surface area contributed by atoms with Crippen molar-refractivity contribution in [3.8, 4) is 17.0 Å². The summed E-state index contributed by atoms with van der Waals surface area (Å²) >= 11 is 0. The average Bonchev–Trinajstić information content (AvgIpc) is 3.07. The number of carbonyl (C=O) groups is 1. The minimum absolute atomic E-state index is 0.112. The van der Waals surface area contributed by atoms with Crippen LogP contribution in [-0.2, 0) is 11.8 Å². The van der Waals surface area contributed by atoms with Crippen LogP contribution in [0.4, 0.5) is 5.69 Å². The minimum Gasteiger partial charge on any atom is -0.466 e. The van der Waals surface area contributed by atoms with Gasteiger partial charge in [0.25, 0.3) is 5.91 Å². The normalized spacial score (nSPS) is 10.9. The Kier molecular flexibility index (Phi) is 5.23. The zero-order valence-electron chi connectivity index (χ0n) is 17.6. The molecule has 152 valence electrons.